The average Bonchev–Trinajstić information content (AvgIpc) is 2.85. The molecule has 0 fully saturated rings. The van der Waals surface area contributed by atoms with Gasteiger partial charge < -0.3 is 10.1 Å². The van der Waals surface area contributed by atoms with Gasteiger partial charge in [-0.1, -0.05) is 57.2 Å². The Hall–Kier alpha value is -2.55. The van der Waals surface area contributed by atoms with Crippen molar-refractivity contribution in [2.75, 3.05) is 0 Å². The highest BCUT2D eigenvalue weighted by Gasteiger charge is 2.19. The van der Waals surface area contributed by atoms with Crippen LogP contribution in [0.25, 0.3) is 22.2 Å². The highest BCUT2D eigenvalue weighted by atomic mass is 16.4. The highest BCUT2D eigenvalue weighted by Crippen LogP contribution is 2.33. The first-order valence-corrected chi connectivity index (χ1v) is 7.78. The van der Waals surface area contributed by atoms with E-state index in [4.69, 9.17) is 0 Å². The van der Waals surface area contributed by atoms with Gasteiger partial charge in [-0.2, -0.15) is 0 Å². The lowest BCUT2D eigenvalue weighted by molar-refractivity contribution is -0.136. The van der Waals surface area contributed by atoms with Crippen LogP contribution in [0.15, 0.2) is 48.5 Å². The van der Waals surface area contributed by atoms with Crippen LogP contribution in [-0.4, -0.2) is 16.1 Å². The van der Waals surface area contributed by atoms with E-state index < -0.39 is 5.97 Å². The Morgan fingerprint density at radius 1 is 1.09 bits per heavy atom. The Labute approximate surface area is 136 Å². The monoisotopic (exact) mass is 307 g/mol. The number of hydrogen-bond acceptors (Lipinski definition) is 1. The van der Waals surface area contributed by atoms with Gasteiger partial charge in [0.05, 0.1) is 12.1 Å². The summed E-state index contributed by atoms with van der Waals surface area (Å²) in [6.45, 7) is 6.49. The molecule has 1 aromatic heterocycles. The van der Waals surface area contributed by atoms with Crippen molar-refractivity contribution in [2.24, 2.45) is 0 Å². The van der Waals surface area contributed by atoms with Crippen molar-refractivity contribution in [3.63, 3.8) is 0 Å². The minimum Gasteiger partial charge on any atom is -0.481 e. The first-order valence-electron chi connectivity index (χ1n) is 7.78. The smallest absolute Gasteiger partial charge is 0.307 e. The molecule has 0 radical (unpaired) electrons. The van der Waals surface area contributed by atoms with E-state index in [0.717, 1.165) is 27.7 Å². The topological polar surface area (TPSA) is 53.1 Å². The number of H-pyrrole nitrogens is 1. The van der Waals surface area contributed by atoms with E-state index in [1.54, 1.807) is 0 Å². The molecule has 0 saturated carbocycles. The maximum Gasteiger partial charge on any atom is 0.307 e. The number of nitrogens with one attached hydrogen (secondary N) is 1. The molecule has 118 valence electrons. The van der Waals surface area contributed by atoms with Gasteiger partial charge in [0.15, 0.2) is 0 Å². The number of carboxylic acids is 1. The molecule has 0 aliphatic heterocycles. The summed E-state index contributed by atoms with van der Waals surface area (Å²) in [5, 5.41) is 10.3. The lowest BCUT2D eigenvalue weighted by Gasteiger charge is -2.19. The van der Waals surface area contributed by atoms with E-state index >= 15 is 0 Å². The fraction of sp³-hybridized carbons (Fsp3) is 0.250. The molecular formula is C20H21NO2. The van der Waals surface area contributed by atoms with Crippen molar-refractivity contribution in [1.29, 1.82) is 0 Å². The molecule has 23 heavy (non-hydrogen) atoms. The van der Waals surface area contributed by atoms with Crippen LogP contribution >= 0.6 is 0 Å². The summed E-state index contributed by atoms with van der Waals surface area (Å²) < 4.78 is 0. The molecule has 0 unspecified atom stereocenters. The van der Waals surface area contributed by atoms with Crippen LogP contribution in [0.1, 0.15) is 31.9 Å². The van der Waals surface area contributed by atoms with Gasteiger partial charge in [0.1, 0.15) is 0 Å². The second-order valence-corrected chi connectivity index (χ2v) is 6.93. The second kappa shape index (κ2) is 5.58. The molecule has 3 nitrogen and oxygen atoms in total. The Bertz CT molecular complexity index is 854. The average molecular weight is 307 g/mol. The van der Waals surface area contributed by atoms with Gasteiger partial charge in [-0.05, 0) is 34.2 Å². The molecule has 2 N–H and O–H groups in total. The van der Waals surface area contributed by atoms with Crippen molar-refractivity contribution in [1.82, 2.24) is 4.98 Å². The van der Waals surface area contributed by atoms with Crippen molar-refractivity contribution < 1.29 is 9.90 Å². The van der Waals surface area contributed by atoms with Gasteiger partial charge in [-0.3, -0.25) is 4.79 Å². The number of rotatable bonds is 3. The summed E-state index contributed by atoms with van der Waals surface area (Å²) in [7, 11) is 0. The molecule has 0 saturated heterocycles. The van der Waals surface area contributed by atoms with E-state index in [2.05, 4.69) is 37.9 Å². The van der Waals surface area contributed by atoms with Gasteiger partial charge in [0.25, 0.3) is 0 Å². The number of aliphatic carboxylic acids is 1. The minimum atomic E-state index is -0.816. The van der Waals surface area contributed by atoms with Crippen molar-refractivity contribution in [3.8, 4) is 11.3 Å². The Morgan fingerprint density at radius 2 is 1.78 bits per heavy atom. The first-order chi connectivity index (χ1) is 10.9. The molecule has 0 spiro atoms. The third-order valence-electron chi connectivity index (χ3n) is 4.16. The molecule has 0 aliphatic rings. The molecule has 0 atom stereocenters. The normalized spacial score (nSPS) is 11.8. The standard InChI is InChI=1S/C20H21NO2/c1-20(2,3)14-9-10-17-15(11-14)16(12-18(22)23)19(21-17)13-7-5-4-6-8-13/h4-11,21H,12H2,1-3H3,(H,22,23). The third kappa shape index (κ3) is 3.00. The van der Waals surface area contributed by atoms with E-state index in [1.807, 2.05) is 36.4 Å². The Kier molecular flexibility index (Phi) is 3.72. The third-order valence-corrected chi connectivity index (χ3v) is 4.16. The number of hydrogen-bond donors (Lipinski definition) is 2. The van der Waals surface area contributed by atoms with E-state index in [9.17, 15) is 9.90 Å². The molecule has 3 rings (SSSR count). The Balaban J connectivity index is 2.26. The van der Waals surface area contributed by atoms with Gasteiger partial charge in [-0.15, -0.1) is 0 Å². The van der Waals surface area contributed by atoms with Gasteiger partial charge >= 0.3 is 5.97 Å². The lowest BCUT2D eigenvalue weighted by Crippen LogP contribution is -2.10. The molecule has 3 heteroatoms. The van der Waals surface area contributed by atoms with Crippen LogP contribution in [-0.2, 0) is 16.6 Å². The maximum atomic E-state index is 11.4. The molecule has 0 amide bonds. The van der Waals surface area contributed by atoms with Crippen LogP contribution < -0.4 is 0 Å². The zero-order valence-corrected chi connectivity index (χ0v) is 13.7. The lowest BCUT2D eigenvalue weighted by atomic mass is 9.86. The van der Waals surface area contributed by atoms with Crippen LogP contribution in [0, 0.1) is 0 Å². The van der Waals surface area contributed by atoms with Crippen LogP contribution in [0.4, 0.5) is 0 Å². The van der Waals surface area contributed by atoms with Gasteiger partial charge in [0, 0.05) is 10.9 Å². The Morgan fingerprint density at radius 3 is 2.39 bits per heavy atom. The largest absolute Gasteiger partial charge is 0.481 e. The summed E-state index contributed by atoms with van der Waals surface area (Å²) in [5.41, 5.74) is 4.97. The van der Waals surface area contributed by atoms with Gasteiger partial charge in [-0.25, -0.2) is 0 Å². The second-order valence-electron chi connectivity index (χ2n) is 6.93. The van der Waals surface area contributed by atoms with Gasteiger partial charge in [0.2, 0.25) is 0 Å². The molecule has 1 heterocycles. The van der Waals surface area contributed by atoms with E-state index in [1.165, 1.54) is 5.56 Å². The number of carboxylic acid groups (broad SMARTS) is 1. The van der Waals surface area contributed by atoms with Crippen LogP contribution in [0.2, 0.25) is 0 Å². The van der Waals surface area contributed by atoms with E-state index in [-0.39, 0.29) is 11.8 Å². The summed E-state index contributed by atoms with van der Waals surface area (Å²) in [6, 6.07) is 16.2. The summed E-state index contributed by atoms with van der Waals surface area (Å²) >= 11 is 0. The molecule has 0 bridgehead atoms. The predicted molar refractivity (Wildman–Crippen MR) is 93.8 cm³/mol. The quantitative estimate of drug-likeness (QED) is 0.733. The number of benzene rings is 2. The fourth-order valence-electron chi connectivity index (χ4n) is 2.90. The minimum absolute atomic E-state index is 0.0117. The first kappa shape index (κ1) is 15.3. The molecule has 2 aromatic carbocycles. The summed E-state index contributed by atoms with van der Waals surface area (Å²) in [5.74, 6) is -0.816. The van der Waals surface area contributed by atoms with Crippen molar-refractivity contribution >= 4 is 16.9 Å². The zero-order chi connectivity index (χ0) is 16.6. The number of aromatic nitrogens is 1. The molecule has 3 aromatic rings. The summed E-state index contributed by atoms with van der Waals surface area (Å²) in [4.78, 5) is 14.8. The van der Waals surface area contributed by atoms with Crippen molar-refractivity contribution in [3.05, 3.63) is 59.7 Å². The molecule has 0 aliphatic carbocycles. The molecular weight excluding hydrogens is 286 g/mol. The zero-order valence-electron chi connectivity index (χ0n) is 13.7. The van der Waals surface area contributed by atoms with Crippen LogP contribution in [0.5, 0.6) is 0 Å². The number of carbonyl (C=O) groups is 1. The SMILES string of the molecule is CC(C)(C)c1ccc2[nH]c(-c3ccccc3)c(CC(=O)O)c2c1. The number of aromatic amines is 1. The number of fused-ring (bicyclic) bond motifs is 1. The highest BCUT2D eigenvalue weighted by molar-refractivity contribution is 5.94. The maximum absolute atomic E-state index is 11.4. The van der Waals surface area contributed by atoms with Crippen LogP contribution in [0.3, 0.4) is 0 Å². The predicted octanol–water partition coefficient (Wildman–Crippen LogP) is 4.76. The fourth-order valence-corrected chi connectivity index (χ4v) is 2.90. The van der Waals surface area contributed by atoms with E-state index in [0.29, 0.717) is 0 Å². The summed E-state index contributed by atoms with van der Waals surface area (Å²) in [6.07, 6.45) is 0.0117. The van der Waals surface area contributed by atoms with Crippen molar-refractivity contribution in [2.45, 2.75) is 32.6 Å².